The van der Waals surface area contributed by atoms with Gasteiger partial charge in [0.15, 0.2) is 23.8 Å². The number of anilines is 2. The van der Waals surface area contributed by atoms with Crippen LogP contribution in [0.3, 0.4) is 0 Å². The molecule has 10 N–H and O–H groups in total. The molecule has 0 radical (unpaired) electrons. The largest absolute Gasteiger partial charge is 0.356 e. The highest BCUT2D eigenvalue weighted by Gasteiger charge is 2.03. The highest BCUT2D eigenvalue weighted by atomic mass is 35.5. The Labute approximate surface area is 243 Å². The highest BCUT2D eigenvalue weighted by Crippen LogP contribution is 2.13. The van der Waals surface area contributed by atoms with Crippen LogP contribution in [0.1, 0.15) is 25.7 Å². The first-order valence-corrected chi connectivity index (χ1v) is 13.2. The summed E-state index contributed by atoms with van der Waals surface area (Å²) in [4.78, 5) is 7.35. The lowest BCUT2D eigenvalue weighted by atomic mass is 10.2. The standard InChI is InChI=1S/C22H30Cl2N10.C4H4N2/c23-15-5-9-17(10-6-15)31-21(27)33-19(25)29-13-3-1-2-4-14-30-20(26)34-22(28)32-18-11-7-16(24)8-12-18;1-2-5-4-6-3-1/h5-12H,1-4,13-14H2,(H5,25,27,29,31,33)(H5,26,28,30,32,34);1-4H. The number of aromatic nitrogens is 2. The van der Waals surface area contributed by atoms with Gasteiger partial charge in [-0.1, -0.05) is 36.0 Å². The van der Waals surface area contributed by atoms with Crippen molar-refractivity contribution < 1.29 is 0 Å². The van der Waals surface area contributed by atoms with Crippen molar-refractivity contribution in [2.75, 3.05) is 23.7 Å². The van der Waals surface area contributed by atoms with Crippen LogP contribution in [-0.2, 0) is 0 Å². The van der Waals surface area contributed by atoms with Crippen molar-refractivity contribution in [1.29, 1.82) is 21.6 Å². The Morgan fingerprint density at radius 3 is 1.30 bits per heavy atom. The van der Waals surface area contributed by atoms with E-state index in [0.717, 1.165) is 25.7 Å². The molecule has 0 atom stereocenters. The Kier molecular flexibility index (Phi) is 14.9. The molecule has 0 aliphatic carbocycles. The van der Waals surface area contributed by atoms with Gasteiger partial charge in [-0.05, 0) is 67.4 Å². The van der Waals surface area contributed by atoms with Crippen LogP contribution in [0.25, 0.3) is 0 Å². The molecule has 40 heavy (non-hydrogen) atoms. The summed E-state index contributed by atoms with van der Waals surface area (Å²) < 4.78 is 0. The normalized spacial score (nSPS) is 9.75. The molecule has 1 heterocycles. The monoisotopic (exact) mass is 584 g/mol. The molecule has 0 unspecified atom stereocenters. The van der Waals surface area contributed by atoms with Crippen molar-refractivity contribution in [3.8, 4) is 0 Å². The summed E-state index contributed by atoms with van der Waals surface area (Å²) in [6.45, 7) is 1.25. The van der Waals surface area contributed by atoms with Crippen molar-refractivity contribution in [1.82, 2.24) is 31.2 Å². The number of benzene rings is 2. The number of guanidine groups is 4. The summed E-state index contributed by atoms with van der Waals surface area (Å²) in [5.74, 6) is 0.112. The molecule has 0 saturated heterocycles. The first-order chi connectivity index (χ1) is 19.3. The number of nitrogens with zero attached hydrogens (tertiary/aromatic N) is 2. The number of hydrogen-bond acceptors (Lipinski definition) is 6. The summed E-state index contributed by atoms with van der Waals surface area (Å²) in [5, 5.41) is 49.5. The predicted molar refractivity (Wildman–Crippen MR) is 164 cm³/mol. The van der Waals surface area contributed by atoms with E-state index in [-0.39, 0.29) is 23.8 Å². The molecule has 0 aliphatic heterocycles. The van der Waals surface area contributed by atoms with Crippen molar-refractivity contribution >= 4 is 58.4 Å². The lowest BCUT2D eigenvalue weighted by Crippen LogP contribution is -2.43. The number of halogens is 2. The van der Waals surface area contributed by atoms with Gasteiger partial charge >= 0.3 is 0 Å². The van der Waals surface area contributed by atoms with E-state index in [1.54, 1.807) is 67.0 Å². The number of rotatable bonds is 9. The second kappa shape index (κ2) is 18.8. The van der Waals surface area contributed by atoms with Gasteiger partial charge in [-0.3, -0.25) is 32.3 Å². The van der Waals surface area contributed by atoms with Gasteiger partial charge in [-0.2, -0.15) is 0 Å². The van der Waals surface area contributed by atoms with Crippen LogP contribution in [0.2, 0.25) is 10.0 Å². The molecule has 0 bridgehead atoms. The van der Waals surface area contributed by atoms with Crippen LogP contribution in [0.15, 0.2) is 73.3 Å². The minimum Gasteiger partial charge on any atom is -0.356 e. The summed E-state index contributed by atoms with van der Waals surface area (Å²) in [5.41, 5.74) is 1.42. The molecule has 0 spiro atoms. The zero-order chi connectivity index (χ0) is 29.0. The van der Waals surface area contributed by atoms with Gasteiger partial charge in [0.25, 0.3) is 0 Å². The Morgan fingerprint density at radius 1 is 0.575 bits per heavy atom. The first-order valence-electron chi connectivity index (χ1n) is 12.4. The maximum Gasteiger partial charge on any atom is 0.199 e. The van der Waals surface area contributed by atoms with Gasteiger partial charge in [0.2, 0.25) is 0 Å². The van der Waals surface area contributed by atoms with Crippen molar-refractivity contribution in [3.63, 3.8) is 0 Å². The molecule has 0 aliphatic rings. The first kappa shape index (κ1) is 31.8. The smallest absolute Gasteiger partial charge is 0.199 e. The Bertz CT molecular complexity index is 1080. The van der Waals surface area contributed by atoms with E-state index in [9.17, 15) is 0 Å². The van der Waals surface area contributed by atoms with E-state index in [2.05, 4.69) is 41.9 Å². The van der Waals surface area contributed by atoms with E-state index in [1.807, 2.05) is 0 Å². The summed E-state index contributed by atoms with van der Waals surface area (Å²) >= 11 is 11.7. The lowest BCUT2D eigenvalue weighted by Gasteiger charge is -2.13. The fraction of sp³-hybridized carbons (Fsp3) is 0.231. The summed E-state index contributed by atoms with van der Waals surface area (Å²) in [7, 11) is 0. The Hall–Kier alpha value is -4.42. The number of nitrogens with one attached hydrogen (secondary N) is 10. The fourth-order valence-electron chi connectivity index (χ4n) is 3.04. The van der Waals surface area contributed by atoms with Crippen molar-refractivity contribution in [3.05, 3.63) is 83.4 Å². The summed E-state index contributed by atoms with van der Waals surface area (Å²) in [6.07, 6.45) is 8.58. The van der Waals surface area contributed by atoms with E-state index in [1.165, 1.54) is 6.33 Å². The molecule has 212 valence electrons. The predicted octanol–water partition coefficient (Wildman–Crippen LogP) is 4.65. The molecule has 2 aromatic carbocycles. The third-order valence-corrected chi connectivity index (χ3v) is 5.42. The third-order valence-electron chi connectivity index (χ3n) is 4.91. The average Bonchev–Trinajstić information content (AvgIpc) is 2.94. The number of unbranched alkanes of at least 4 members (excludes halogenated alkanes) is 3. The van der Waals surface area contributed by atoms with E-state index in [4.69, 9.17) is 44.8 Å². The fourth-order valence-corrected chi connectivity index (χ4v) is 3.29. The molecule has 3 aromatic rings. The minimum absolute atomic E-state index is 0.00148. The second-order valence-electron chi connectivity index (χ2n) is 8.19. The number of hydrogen-bond donors (Lipinski definition) is 10. The zero-order valence-electron chi connectivity index (χ0n) is 21.8. The molecule has 14 heteroatoms. The van der Waals surface area contributed by atoms with Crippen LogP contribution in [0, 0.1) is 21.6 Å². The van der Waals surface area contributed by atoms with Crippen molar-refractivity contribution in [2.24, 2.45) is 0 Å². The van der Waals surface area contributed by atoms with Crippen LogP contribution >= 0.6 is 23.2 Å². The molecule has 1 aromatic heterocycles. The van der Waals surface area contributed by atoms with Gasteiger partial charge in [0.1, 0.15) is 6.33 Å². The molecule has 3 rings (SSSR count). The zero-order valence-corrected chi connectivity index (χ0v) is 23.3. The van der Waals surface area contributed by atoms with Crippen LogP contribution < -0.4 is 31.9 Å². The van der Waals surface area contributed by atoms with Gasteiger partial charge in [-0.25, -0.2) is 9.97 Å². The van der Waals surface area contributed by atoms with Crippen LogP contribution in [0.4, 0.5) is 11.4 Å². The molecular formula is C26H34Cl2N12. The Balaban J connectivity index is 0.000000821. The second-order valence-corrected chi connectivity index (χ2v) is 9.06. The lowest BCUT2D eigenvalue weighted by molar-refractivity contribution is 0.619. The highest BCUT2D eigenvalue weighted by molar-refractivity contribution is 6.31. The molecule has 0 amide bonds. The van der Waals surface area contributed by atoms with E-state index < -0.39 is 0 Å². The SMILES string of the molecule is N=C(NCCCCCCNC(=N)NC(=N)Nc1ccc(Cl)cc1)NC(=N)Nc1ccc(Cl)cc1.c1cncnc1. The van der Waals surface area contributed by atoms with Gasteiger partial charge in [0.05, 0.1) is 0 Å². The molecule has 0 fully saturated rings. The quantitative estimate of drug-likeness (QED) is 0.0974. The Morgan fingerprint density at radius 2 is 0.975 bits per heavy atom. The molecule has 0 saturated carbocycles. The summed E-state index contributed by atoms with van der Waals surface area (Å²) in [6, 6.07) is 15.7. The average molecular weight is 586 g/mol. The van der Waals surface area contributed by atoms with Crippen LogP contribution in [0.5, 0.6) is 0 Å². The van der Waals surface area contributed by atoms with Gasteiger partial charge < -0.3 is 21.3 Å². The maximum absolute atomic E-state index is 7.86. The molecular weight excluding hydrogens is 551 g/mol. The van der Waals surface area contributed by atoms with Gasteiger partial charge in [-0.15, -0.1) is 0 Å². The topological polar surface area (TPSA) is 193 Å². The van der Waals surface area contributed by atoms with Crippen molar-refractivity contribution in [2.45, 2.75) is 25.7 Å². The van der Waals surface area contributed by atoms with Gasteiger partial charge in [0, 0.05) is 46.9 Å². The molecule has 12 nitrogen and oxygen atoms in total. The maximum atomic E-state index is 7.86. The van der Waals surface area contributed by atoms with E-state index >= 15 is 0 Å². The van der Waals surface area contributed by atoms with E-state index in [0.29, 0.717) is 34.5 Å². The third kappa shape index (κ3) is 15.1. The minimum atomic E-state index is -0.00148. The van der Waals surface area contributed by atoms with Crippen LogP contribution in [-0.4, -0.2) is 46.9 Å².